The lowest BCUT2D eigenvalue weighted by molar-refractivity contribution is -0.137. The normalized spacial score (nSPS) is 15.7. The van der Waals surface area contributed by atoms with Crippen molar-refractivity contribution in [1.82, 2.24) is 10.2 Å². The van der Waals surface area contributed by atoms with Crippen molar-refractivity contribution in [2.75, 3.05) is 20.1 Å². The van der Waals surface area contributed by atoms with E-state index in [1.807, 2.05) is 12.1 Å². The van der Waals surface area contributed by atoms with Gasteiger partial charge in [0.1, 0.15) is 0 Å². The Bertz CT molecular complexity index is 541. The summed E-state index contributed by atoms with van der Waals surface area (Å²) in [6.45, 7) is 0.803. The average molecular weight is 369 g/mol. The minimum atomic E-state index is -0.898. The Morgan fingerprint density at radius 2 is 1.95 bits per heavy atom. The third kappa shape index (κ3) is 4.00. The van der Waals surface area contributed by atoms with Crippen LogP contribution >= 0.6 is 15.9 Å². The van der Waals surface area contributed by atoms with Crippen LogP contribution in [-0.4, -0.2) is 42.1 Å². The summed E-state index contributed by atoms with van der Waals surface area (Å²) in [6.07, 6.45) is 3.25. The summed E-state index contributed by atoms with van der Waals surface area (Å²) in [5.41, 5.74) is 1.26. The van der Waals surface area contributed by atoms with Crippen molar-refractivity contribution in [2.24, 2.45) is 0 Å². The highest BCUT2D eigenvalue weighted by Gasteiger charge is 2.38. The van der Waals surface area contributed by atoms with Crippen LogP contribution in [0, 0.1) is 0 Å². The second-order valence-electron chi connectivity index (χ2n) is 5.86. The van der Waals surface area contributed by atoms with Crippen LogP contribution in [0.1, 0.15) is 31.2 Å². The molecule has 1 aromatic carbocycles. The number of urea groups is 1. The number of nitrogens with one attached hydrogen (secondary N) is 1. The SMILES string of the molecule is CN(CCC(=O)O)C(=O)NCC1(c2ccc(Br)cc2)CCC1. The Hall–Kier alpha value is -1.56. The number of benzene rings is 1. The quantitative estimate of drug-likeness (QED) is 0.810. The fraction of sp³-hybridized carbons (Fsp3) is 0.500. The van der Waals surface area contributed by atoms with Gasteiger partial charge in [0.15, 0.2) is 0 Å². The van der Waals surface area contributed by atoms with Gasteiger partial charge in [0.05, 0.1) is 6.42 Å². The van der Waals surface area contributed by atoms with Gasteiger partial charge in [-0.15, -0.1) is 0 Å². The third-order valence-corrected chi connectivity index (χ3v) is 4.88. The number of carboxylic acids is 1. The van der Waals surface area contributed by atoms with Crippen molar-refractivity contribution in [3.05, 3.63) is 34.3 Å². The maximum atomic E-state index is 12.0. The molecule has 0 aliphatic heterocycles. The molecule has 0 aromatic heterocycles. The van der Waals surface area contributed by atoms with Crippen molar-refractivity contribution in [3.63, 3.8) is 0 Å². The first-order chi connectivity index (χ1) is 10.4. The number of carbonyl (C=O) groups excluding carboxylic acids is 1. The van der Waals surface area contributed by atoms with Crippen LogP contribution in [0.3, 0.4) is 0 Å². The molecule has 6 heteroatoms. The number of amides is 2. The summed E-state index contributed by atoms with van der Waals surface area (Å²) in [5, 5.41) is 11.6. The van der Waals surface area contributed by atoms with E-state index in [9.17, 15) is 9.59 Å². The fourth-order valence-corrected chi connectivity index (χ4v) is 2.98. The number of hydrogen-bond donors (Lipinski definition) is 2. The van der Waals surface area contributed by atoms with Crippen molar-refractivity contribution >= 4 is 27.9 Å². The zero-order valence-electron chi connectivity index (χ0n) is 12.6. The van der Waals surface area contributed by atoms with Crippen LogP contribution in [0.4, 0.5) is 4.79 Å². The van der Waals surface area contributed by atoms with Crippen molar-refractivity contribution in [1.29, 1.82) is 0 Å². The van der Waals surface area contributed by atoms with E-state index in [4.69, 9.17) is 5.11 Å². The zero-order valence-corrected chi connectivity index (χ0v) is 14.2. The van der Waals surface area contributed by atoms with Gasteiger partial charge in [0.25, 0.3) is 0 Å². The predicted molar refractivity (Wildman–Crippen MR) is 88.0 cm³/mol. The molecule has 120 valence electrons. The van der Waals surface area contributed by atoms with Crippen LogP contribution < -0.4 is 5.32 Å². The second-order valence-corrected chi connectivity index (χ2v) is 6.78. The molecule has 22 heavy (non-hydrogen) atoms. The highest BCUT2D eigenvalue weighted by Crippen LogP contribution is 2.43. The van der Waals surface area contributed by atoms with Gasteiger partial charge in [-0.05, 0) is 30.5 Å². The van der Waals surface area contributed by atoms with Crippen LogP contribution in [0.5, 0.6) is 0 Å². The smallest absolute Gasteiger partial charge is 0.317 e. The van der Waals surface area contributed by atoms with E-state index in [-0.39, 0.29) is 24.4 Å². The summed E-state index contributed by atoms with van der Waals surface area (Å²) in [5.74, 6) is -0.898. The van der Waals surface area contributed by atoms with Gasteiger partial charge >= 0.3 is 12.0 Å². The fourth-order valence-electron chi connectivity index (χ4n) is 2.72. The summed E-state index contributed by atoms with van der Waals surface area (Å²) < 4.78 is 1.04. The molecule has 5 nitrogen and oxygen atoms in total. The molecule has 0 atom stereocenters. The van der Waals surface area contributed by atoms with E-state index in [0.717, 1.165) is 17.3 Å². The Balaban J connectivity index is 1.92. The summed E-state index contributed by atoms with van der Waals surface area (Å²) in [6, 6.07) is 8.03. The number of carbonyl (C=O) groups is 2. The number of nitrogens with zero attached hydrogens (tertiary/aromatic N) is 1. The van der Waals surface area contributed by atoms with Gasteiger partial charge in [-0.2, -0.15) is 0 Å². The standard InChI is InChI=1S/C16H21BrN2O3/c1-19(10-7-14(20)21)15(22)18-11-16(8-2-9-16)12-3-5-13(17)6-4-12/h3-6H,2,7-11H2,1H3,(H,18,22)(H,20,21). The molecule has 0 unspecified atom stereocenters. The maximum absolute atomic E-state index is 12.0. The van der Waals surface area contributed by atoms with Crippen molar-refractivity contribution in [2.45, 2.75) is 31.1 Å². The van der Waals surface area contributed by atoms with E-state index in [1.54, 1.807) is 7.05 Å². The largest absolute Gasteiger partial charge is 0.481 e. The molecule has 0 heterocycles. The average Bonchev–Trinajstić information content (AvgIpc) is 2.45. The third-order valence-electron chi connectivity index (χ3n) is 4.35. The lowest BCUT2D eigenvalue weighted by Crippen LogP contribution is -2.48. The van der Waals surface area contributed by atoms with Gasteiger partial charge in [-0.3, -0.25) is 4.79 Å². The lowest BCUT2D eigenvalue weighted by atomic mass is 9.64. The molecule has 1 fully saturated rings. The van der Waals surface area contributed by atoms with Gasteiger partial charge in [-0.25, -0.2) is 4.79 Å². The molecule has 2 amide bonds. The first-order valence-electron chi connectivity index (χ1n) is 7.40. The van der Waals surface area contributed by atoms with Crippen LogP contribution in [0.15, 0.2) is 28.7 Å². The topological polar surface area (TPSA) is 69.6 Å². The van der Waals surface area contributed by atoms with Crippen LogP contribution in [0.2, 0.25) is 0 Å². The molecular formula is C16H21BrN2O3. The lowest BCUT2D eigenvalue weighted by Gasteiger charge is -2.43. The molecular weight excluding hydrogens is 348 g/mol. The first-order valence-corrected chi connectivity index (χ1v) is 8.19. The molecule has 2 rings (SSSR count). The maximum Gasteiger partial charge on any atom is 0.317 e. The number of rotatable bonds is 6. The van der Waals surface area contributed by atoms with Crippen LogP contribution in [0.25, 0.3) is 0 Å². The summed E-state index contributed by atoms with van der Waals surface area (Å²) in [4.78, 5) is 24.0. The van der Waals surface area contributed by atoms with Crippen molar-refractivity contribution < 1.29 is 14.7 Å². The molecule has 1 aliphatic carbocycles. The number of hydrogen-bond acceptors (Lipinski definition) is 2. The van der Waals surface area contributed by atoms with E-state index >= 15 is 0 Å². The molecule has 2 N–H and O–H groups in total. The molecule has 1 aromatic rings. The molecule has 0 saturated heterocycles. The first kappa shape index (κ1) is 16.8. The molecule has 1 saturated carbocycles. The zero-order chi connectivity index (χ0) is 16.2. The molecule has 1 aliphatic rings. The number of aliphatic carboxylic acids is 1. The highest BCUT2D eigenvalue weighted by atomic mass is 79.9. The van der Waals surface area contributed by atoms with Crippen LogP contribution in [-0.2, 0) is 10.2 Å². The van der Waals surface area contributed by atoms with Gasteiger partial charge in [0, 0.05) is 30.0 Å². The van der Waals surface area contributed by atoms with E-state index in [2.05, 4.69) is 33.4 Å². The Labute approximate surface area is 138 Å². The Kier molecular flexibility index (Phi) is 5.45. The van der Waals surface area contributed by atoms with Crippen molar-refractivity contribution in [3.8, 4) is 0 Å². The van der Waals surface area contributed by atoms with Gasteiger partial charge < -0.3 is 15.3 Å². The molecule has 0 bridgehead atoms. The highest BCUT2D eigenvalue weighted by molar-refractivity contribution is 9.10. The van der Waals surface area contributed by atoms with Gasteiger partial charge in [-0.1, -0.05) is 34.5 Å². The Morgan fingerprint density at radius 3 is 2.45 bits per heavy atom. The van der Waals surface area contributed by atoms with E-state index < -0.39 is 5.97 Å². The number of carboxylic acid groups (broad SMARTS) is 1. The van der Waals surface area contributed by atoms with E-state index in [0.29, 0.717) is 6.54 Å². The molecule has 0 spiro atoms. The second kappa shape index (κ2) is 7.13. The minimum Gasteiger partial charge on any atom is -0.481 e. The van der Waals surface area contributed by atoms with E-state index in [1.165, 1.54) is 16.9 Å². The van der Waals surface area contributed by atoms with Gasteiger partial charge in [0.2, 0.25) is 0 Å². The predicted octanol–water partition coefficient (Wildman–Crippen LogP) is 2.99. The summed E-state index contributed by atoms with van der Waals surface area (Å²) >= 11 is 3.44. The Morgan fingerprint density at radius 1 is 1.32 bits per heavy atom. The minimum absolute atomic E-state index is 0.0179. The number of halogens is 1. The summed E-state index contributed by atoms with van der Waals surface area (Å²) in [7, 11) is 1.62. The molecule has 0 radical (unpaired) electrons. The monoisotopic (exact) mass is 368 g/mol.